The molecule has 0 aromatic heterocycles. The molecule has 0 aliphatic rings. The summed E-state index contributed by atoms with van der Waals surface area (Å²) in [5.74, 6) is -0.371. The summed E-state index contributed by atoms with van der Waals surface area (Å²) >= 11 is 0. The molecule has 0 bridgehead atoms. The third kappa shape index (κ3) is 4.33. The van der Waals surface area contributed by atoms with Crippen LogP contribution < -0.4 is 5.32 Å². The molecular formula is C10H12ClNO4S. The van der Waals surface area contributed by atoms with E-state index in [1.165, 1.54) is 31.4 Å². The van der Waals surface area contributed by atoms with Crippen LogP contribution in [0.4, 0.5) is 0 Å². The Labute approximate surface area is 104 Å². The highest BCUT2D eigenvalue weighted by Crippen LogP contribution is 2.15. The quantitative estimate of drug-likeness (QED) is 0.643. The van der Waals surface area contributed by atoms with Crippen molar-refractivity contribution in [3.05, 3.63) is 29.8 Å². The van der Waals surface area contributed by atoms with Crippen LogP contribution in [0.15, 0.2) is 29.2 Å². The molecule has 0 saturated heterocycles. The van der Waals surface area contributed by atoms with Gasteiger partial charge in [0.2, 0.25) is 0 Å². The van der Waals surface area contributed by atoms with Gasteiger partial charge in [-0.3, -0.25) is 4.79 Å². The molecule has 0 atom stereocenters. The maximum absolute atomic E-state index is 11.6. The summed E-state index contributed by atoms with van der Waals surface area (Å²) in [6.45, 7) is 0.742. The molecule has 1 aromatic rings. The first kappa shape index (κ1) is 14.0. The maximum atomic E-state index is 11.6. The summed E-state index contributed by atoms with van der Waals surface area (Å²) in [6.07, 6.45) is 0. The Bertz CT molecular complexity index is 501. The topological polar surface area (TPSA) is 72.5 Å². The highest BCUT2D eigenvalue weighted by atomic mass is 35.7. The first-order valence-corrected chi connectivity index (χ1v) is 7.08. The largest absolute Gasteiger partial charge is 0.383 e. The molecule has 1 rings (SSSR count). The number of nitrogens with one attached hydrogen (secondary N) is 1. The van der Waals surface area contributed by atoms with Gasteiger partial charge in [-0.2, -0.15) is 0 Å². The second-order valence-electron chi connectivity index (χ2n) is 3.21. The lowest BCUT2D eigenvalue weighted by atomic mass is 10.2. The summed E-state index contributed by atoms with van der Waals surface area (Å²) in [5.41, 5.74) is 0.239. The highest BCUT2D eigenvalue weighted by molar-refractivity contribution is 8.13. The van der Waals surface area contributed by atoms with E-state index in [0.29, 0.717) is 13.2 Å². The van der Waals surface area contributed by atoms with Gasteiger partial charge in [0.1, 0.15) is 0 Å². The number of methoxy groups -OCH3 is 1. The van der Waals surface area contributed by atoms with E-state index in [9.17, 15) is 13.2 Å². The van der Waals surface area contributed by atoms with E-state index in [4.69, 9.17) is 15.4 Å². The summed E-state index contributed by atoms with van der Waals surface area (Å²) in [6, 6.07) is 5.52. The van der Waals surface area contributed by atoms with Crippen LogP contribution in [-0.4, -0.2) is 34.6 Å². The molecule has 0 heterocycles. The molecule has 0 saturated carbocycles. The maximum Gasteiger partial charge on any atom is 0.261 e. The number of amides is 1. The average molecular weight is 278 g/mol. The van der Waals surface area contributed by atoms with Gasteiger partial charge in [-0.25, -0.2) is 8.42 Å². The number of carbonyl (C=O) groups excluding carboxylic acids is 1. The van der Waals surface area contributed by atoms with Gasteiger partial charge in [0, 0.05) is 29.9 Å². The normalized spacial score (nSPS) is 11.2. The lowest BCUT2D eigenvalue weighted by Crippen LogP contribution is -2.26. The number of ether oxygens (including phenoxy) is 1. The Morgan fingerprint density at radius 2 is 2.18 bits per heavy atom. The van der Waals surface area contributed by atoms with Crippen molar-refractivity contribution in [3.63, 3.8) is 0 Å². The van der Waals surface area contributed by atoms with Crippen molar-refractivity contribution in [3.8, 4) is 0 Å². The van der Waals surface area contributed by atoms with Gasteiger partial charge in [-0.05, 0) is 18.2 Å². The summed E-state index contributed by atoms with van der Waals surface area (Å²) < 4.78 is 26.9. The number of benzene rings is 1. The van der Waals surface area contributed by atoms with Crippen LogP contribution in [0, 0.1) is 0 Å². The number of rotatable bonds is 5. The predicted molar refractivity (Wildman–Crippen MR) is 63.7 cm³/mol. The predicted octanol–water partition coefficient (Wildman–Crippen LogP) is 0.990. The zero-order valence-corrected chi connectivity index (χ0v) is 10.7. The SMILES string of the molecule is COCCNC(=O)c1cccc(S(=O)(=O)Cl)c1. The minimum atomic E-state index is -3.82. The first-order valence-electron chi connectivity index (χ1n) is 4.77. The minimum Gasteiger partial charge on any atom is -0.383 e. The van der Waals surface area contributed by atoms with Gasteiger partial charge in [0.25, 0.3) is 15.0 Å². The molecule has 7 heteroatoms. The van der Waals surface area contributed by atoms with Crippen LogP contribution in [0.2, 0.25) is 0 Å². The minimum absolute atomic E-state index is 0.0986. The molecule has 0 fully saturated rings. The van der Waals surface area contributed by atoms with Crippen LogP contribution in [-0.2, 0) is 13.8 Å². The van der Waals surface area contributed by atoms with Gasteiger partial charge in [0.15, 0.2) is 0 Å². The zero-order chi connectivity index (χ0) is 12.9. The van der Waals surface area contributed by atoms with E-state index in [1.54, 1.807) is 0 Å². The van der Waals surface area contributed by atoms with Crippen molar-refractivity contribution in [2.24, 2.45) is 0 Å². The second kappa shape index (κ2) is 6.00. The molecule has 17 heavy (non-hydrogen) atoms. The third-order valence-corrected chi connectivity index (χ3v) is 3.32. The molecule has 0 radical (unpaired) electrons. The first-order chi connectivity index (χ1) is 7.95. The van der Waals surface area contributed by atoms with Gasteiger partial charge >= 0.3 is 0 Å². The Balaban J connectivity index is 2.82. The van der Waals surface area contributed by atoms with E-state index >= 15 is 0 Å². The van der Waals surface area contributed by atoms with E-state index in [1.807, 2.05) is 0 Å². The van der Waals surface area contributed by atoms with Crippen LogP contribution in [0.25, 0.3) is 0 Å². The molecule has 94 valence electrons. The van der Waals surface area contributed by atoms with Crippen molar-refractivity contribution >= 4 is 25.6 Å². The van der Waals surface area contributed by atoms with Crippen molar-refractivity contribution in [1.82, 2.24) is 5.32 Å². The number of hydrogen-bond donors (Lipinski definition) is 1. The van der Waals surface area contributed by atoms with Crippen molar-refractivity contribution in [1.29, 1.82) is 0 Å². The molecule has 0 spiro atoms. The van der Waals surface area contributed by atoms with Crippen LogP contribution in [0.3, 0.4) is 0 Å². The fraction of sp³-hybridized carbons (Fsp3) is 0.300. The molecule has 5 nitrogen and oxygen atoms in total. The molecule has 1 amide bonds. The summed E-state index contributed by atoms with van der Waals surface area (Å²) in [4.78, 5) is 11.5. The highest BCUT2D eigenvalue weighted by Gasteiger charge is 2.12. The van der Waals surface area contributed by atoms with Gasteiger partial charge in [0.05, 0.1) is 11.5 Å². The van der Waals surface area contributed by atoms with Gasteiger partial charge in [-0.15, -0.1) is 0 Å². The van der Waals surface area contributed by atoms with E-state index < -0.39 is 9.05 Å². The third-order valence-electron chi connectivity index (χ3n) is 1.97. The molecule has 1 aromatic carbocycles. The van der Waals surface area contributed by atoms with Crippen LogP contribution in [0.1, 0.15) is 10.4 Å². The van der Waals surface area contributed by atoms with E-state index in [0.717, 1.165) is 0 Å². The molecule has 0 aliphatic heterocycles. The fourth-order valence-corrected chi connectivity index (χ4v) is 1.95. The van der Waals surface area contributed by atoms with E-state index in [2.05, 4.69) is 5.32 Å². The Kier molecular flexibility index (Phi) is 4.92. The van der Waals surface area contributed by atoms with Crippen molar-refractivity contribution < 1.29 is 17.9 Å². The Morgan fingerprint density at radius 3 is 2.76 bits per heavy atom. The van der Waals surface area contributed by atoms with Crippen LogP contribution in [0.5, 0.6) is 0 Å². The standard InChI is InChI=1S/C10H12ClNO4S/c1-16-6-5-12-10(13)8-3-2-4-9(7-8)17(11,14)15/h2-4,7H,5-6H2,1H3,(H,12,13). The Hall–Kier alpha value is -1.11. The summed E-state index contributed by atoms with van der Waals surface area (Å²) in [5, 5.41) is 2.58. The molecule has 1 N–H and O–H groups in total. The van der Waals surface area contributed by atoms with Crippen molar-refractivity contribution in [2.75, 3.05) is 20.3 Å². The van der Waals surface area contributed by atoms with Gasteiger partial charge < -0.3 is 10.1 Å². The van der Waals surface area contributed by atoms with Crippen LogP contribution >= 0.6 is 10.7 Å². The lowest BCUT2D eigenvalue weighted by Gasteiger charge is -2.05. The molecule has 0 aliphatic carbocycles. The number of carbonyl (C=O) groups is 1. The second-order valence-corrected chi connectivity index (χ2v) is 5.78. The number of halogens is 1. The lowest BCUT2D eigenvalue weighted by molar-refractivity contribution is 0.0937. The number of hydrogen-bond acceptors (Lipinski definition) is 4. The van der Waals surface area contributed by atoms with E-state index in [-0.39, 0.29) is 16.4 Å². The van der Waals surface area contributed by atoms with Gasteiger partial charge in [-0.1, -0.05) is 6.07 Å². The summed E-state index contributed by atoms with van der Waals surface area (Å²) in [7, 11) is 2.89. The van der Waals surface area contributed by atoms with Crippen molar-refractivity contribution in [2.45, 2.75) is 4.90 Å². The molecule has 0 unspecified atom stereocenters. The monoisotopic (exact) mass is 277 g/mol. The zero-order valence-electron chi connectivity index (χ0n) is 9.14. The fourth-order valence-electron chi connectivity index (χ4n) is 1.16. The Morgan fingerprint density at radius 1 is 1.47 bits per heavy atom. The molecular weight excluding hydrogens is 266 g/mol. The smallest absolute Gasteiger partial charge is 0.261 e. The average Bonchev–Trinajstić information content (AvgIpc) is 2.28.